The van der Waals surface area contributed by atoms with Crippen LogP contribution in [0.2, 0.25) is 0 Å². The van der Waals surface area contributed by atoms with Crippen molar-refractivity contribution in [3.05, 3.63) is 46.4 Å². The van der Waals surface area contributed by atoms with Gasteiger partial charge in [0.2, 0.25) is 0 Å². The van der Waals surface area contributed by atoms with Gasteiger partial charge < -0.3 is 15.2 Å². The highest BCUT2D eigenvalue weighted by molar-refractivity contribution is 7.09. The molecular formula is C17H24ClN3OS. The lowest BCUT2D eigenvalue weighted by Gasteiger charge is -2.42. The molecule has 1 atom stereocenters. The first-order chi connectivity index (χ1) is 10.5. The van der Waals surface area contributed by atoms with Crippen molar-refractivity contribution in [3.63, 3.8) is 0 Å². The number of piperidine rings is 1. The maximum absolute atomic E-state index is 12.9. The van der Waals surface area contributed by atoms with Crippen LogP contribution in [0.15, 0.2) is 35.8 Å². The van der Waals surface area contributed by atoms with Gasteiger partial charge in [0.25, 0.3) is 5.91 Å². The molecule has 1 aliphatic rings. The van der Waals surface area contributed by atoms with Crippen molar-refractivity contribution in [3.8, 4) is 0 Å². The highest BCUT2D eigenvalue weighted by atomic mass is 35.5. The number of amides is 1. The summed E-state index contributed by atoms with van der Waals surface area (Å²) >= 11 is 1.71. The van der Waals surface area contributed by atoms with Crippen LogP contribution < -0.4 is 5.73 Å². The number of hydrogen-bond donors (Lipinski definition) is 1. The van der Waals surface area contributed by atoms with Gasteiger partial charge >= 0.3 is 0 Å². The predicted octanol–water partition coefficient (Wildman–Crippen LogP) is 3.22. The van der Waals surface area contributed by atoms with Gasteiger partial charge in [0, 0.05) is 30.2 Å². The van der Waals surface area contributed by atoms with Crippen molar-refractivity contribution < 1.29 is 4.79 Å². The van der Waals surface area contributed by atoms with E-state index in [1.807, 2.05) is 33.9 Å². The lowest BCUT2D eigenvalue weighted by Crippen LogP contribution is -2.54. The molecule has 23 heavy (non-hydrogen) atoms. The number of nitrogens with zero attached hydrogens (tertiary/aromatic N) is 2. The van der Waals surface area contributed by atoms with Gasteiger partial charge in [-0.2, -0.15) is 0 Å². The lowest BCUT2D eigenvalue weighted by molar-refractivity contribution is 0.0523. The molecule has 0 bridgehead atoms. The second-order valence-electron chi connectivity index (χ2n) is 6.71. The Kier molecular flexibility index (Phi) is 5.55. The largest absolute Gasteiger partial charge is 0.338 e. The quantitative estimate of drug-likeness (QED) is 0.921. The summed E-state index contributed by atoms with van der Waals surface area (Å²) in [6.45, 7) is 6.50. The molecule has 0 aromatic carbocycles. The molecule has 2 aromatic heterocycles. The molecule has 3 heterocycles. The van der Waals surface area contributed by atoms with E-state index in [9.17, 15) is 4.79 Å². The zero-order chi connectivity index (χ0) is 15.7. The zero-order valence-corrected chi connectivity index (χ0v) is 15.2. The number of halogens is 1. The molecule has 2 aromatic rings. The first-order valence-corrected chi connectivity index (χ1v) is 8.58. The molecule has 4 nitrogen and oxygen atoms in total. The number of carbonyl (C=O) groups excluding carboxylic acids is 1. The van der Waals surface area contributed by atoms with E-state index in [1.165, 1.54) is 4.88 Å². The van der Waals surface area contributed by atoms with Crippen molar-refractivity contribution in [2.45, 2.75) is 32.9 Å². The molecule has 1 unspecified atom stereocenters. The van der Waals surface area contributed by atoms with Gasteiger partial charge in [0.1, 0.15) is 5.69 Å². The molecule has 1 fully saturated rings. The third-order valence-electron chi connectivity index (χ3n) is 4.55. The van der Waals surface area contributed by atoms with Crippen LogP contribution in [-0.4, -0.2) is 34.5 Å². The number of nitrogens with two attached hydrogens (primary N) is 1. The number of rotatable bonds is 3. The summed E-state index contributed by atoms with van der Waals surface area (Å²) in [5, 5.41) is 2.06. The SMILES string of the molecule is CC1(C)CN(C(=O)c2cccn2Cc2cccs2)CCC1N.Cl. The fourth-order valence-electron chi connectivity index (χ4n) is 3.03. The van der Waals surface area contributed by atoms with Gasteiger partial charge in [-0.3, -0.25) is 4.79 Å². The first kappa shape index (κ1) is 18.0. The van der Waals surface area contributed by atoms with E-state index >= 15 is 0 Å². The van der Waals surface area contributed by atoms with E-state index in [0.29, 0.717) is 0 Å². The van der Waals surface area contributed by atoms with Gasteiger partial charge in [-0.25, -0.2) is 0 Å². The molecule has 3 rings (SSSR count). The van der Waals surface area contributed by atoms with Crippen LogP contribution in [0, 0.1) is 5.41 Å². The smallest absolute Gasteiger partial charge is 0.270 e. The number of hydrogen-bond acceptors (Lipinski definition) is 3. The van der Waals surface area contributed by atoms with Gasteiger partial charge in [0.15, 0.2) is 0 Å². The van der Waals surface area contributed by atoms with Crippen LogP contribution in [0.1, 0.15) is 35.6 Å². The summed E-state index contributed by atoms with van der Waals surface area (Å²) in [5.74, 6) is 0.113. The minimum absolute atomic E-state index is 0. The van der Waals surface area contributed by atoms with Crippen molar-refractivity contribution in [1.82, 2.24) is 9.47 Å². The average molecular weight is 354 g/mol. The monoisotopic (exact) mass is 353 g/mol. The van der Waals surface area contributed by atoms with Crippen LogP contribution >= 0.6 is 23.7 Å². The average Bonchev–Trinajstić information content (AvgIpc) is 3.13. The number of thiophene rings is 1. The molecule has 0 radical (unpaired) electrons. The molecule has 0 saturated carbocycles. The van der Waals surface area contributed by atoms with E-state index in [4.69, 9.17) is 5.73 Å². The minimum atomic E-state index is -0.0287. The van der Waals surface area contributed by atoms with Gasteiger partial charge in [-0.1, -0.05) is 19.9 Å². The summed E-state index contributed by atoms with van der Waals surface area (Å²) in [4.78, 5) is 16.1. The Balaban J connectivity index is 0.00000192. The van der Waals surface area contributed by atoms with E-state index < -0.39 is 0 Å². The molecule has 1 aliphatic heterocycles. The Morgan fingerprint density at radius 2 is 2.17 bits per heavy atom. The molecule has 0 spiro atoms. The van der Waals surface area contributed by atoms with Crippen molar-refractivity contribution in [2.24, 2.45) is 11.1 Å². The van der Waals surface area contributed by atoms with Crippen LogP contribution in [0.3, 0.4) is 0 Å². The highest BCUT2D eigenvalue weighted by Crippen LogP contribution is 2.28. The van der Waals surface area contributed by atoms with E-state index in [1.54, 1.807) is 11.3 Å². The molecule has 1 saturated heterocycles. The van der Waals surface area contributed by atoms with Crippen LogP contribution in [-0.2, 0) is 6.54 Å². The highest BCUT2D eigenvalue weighted by Gasteiger charge is 2.36. The van der Waals surface area contributed by atoms with Gasteiger partial charge in [-0.05, 0) is 35.4 Å². The maximum atomic E-state index is 12.9. The van der Waals surface area contributed by atoms with E-state index in [-0.39, 0.29) is 29.8 Å². The Morgan fingerprint density at radius 3 is 2.83 bits per heavy atom. The molecular weight excluding hydrogens is 330 g/mol. The molecule has 126 valence electrons. The second kappa shape index (κ2) is 7.07. The van der Waals surface area contributed by atoms with Crippen molar-refractivity contribution in [2.75, 3.05) is 13.1 Å². The fraction of sp³-hybridized carbons (Fsp3) is 0.471. The molecule has 1 amide bonds. The van der Waals surface area contributed by atoms with Crippen LogP contribution in [0.5, 0.6) is 0 Å². The Hall–Kier alpha value is -1.30. The third-order valence-corrected chi connectivity index (χ3v) is 5.42. The van der Waals surface area contributed by atoms with Gasteiger partial charge in [0.05, 0.1) is 6.54 Å². The minimum Gasteiger partial charge on any atom is -0.338 e. The number of carbonyl (C=O) groups is 1. The normalized spacial score (nSPS) is 20.1. The Bertz CT molecular complexity index is 651. The number of likely N-dealkylation sites (tertiary alicyclic amines) is 1. The predicted molar refractivity (Wildman–Crippen MR) is 97.4 cm³/mol. The van der Waals surface area contributed by atoms with Gasteiger partial charge in [-0.15, -0.1) is 23.7 Å². The summed E-state index contributed by atoms with van der Waals surface area (Å²) in [7, 11) is 0. The maximum Gasteiger partial charge on any atom is 0.270 e. The number of aromatic nitrogens is 1. The van der Waals surface area contributed by atoms with E-state index in [2.05, 4.69) is 25.3 Å². The van der Waals surface area contributed by atoms with Crippen molar-refractivity contribution >= 4 is 29.7 Å². The fourth-order valence-corrected chi connectivity index (χ4v) is 3.73. The summed E-state index contributed by atoms with van der Waals surface area (Å²) in [6.07, 6.45) is 2.85. The molecule has 0 aliphatic carbocycles. The summed E-state index contributed by atoms with van der Waals surface area (Å²) < 4.78 is 2.04. The Labute approximate surface area is 147 Å². The third kappa shape index (κ3) is 3.79. The summed E-state index contributed by atoms with van der Waals surface area (Å²) in [5.41, 5.74) is 6.91. The zero-order valence-electron chi connectivity index (χ0n) is 13.6. The van der Waals surface area contributed by atoms with Crippen LogP contribution in [0.25, 0.3) is 0 Å². The van der Waals surface area contributed by atoms with E-state index in [0.717, 1.165) is 31.7 Å². The topological polar surface area (TPSA) is 51.3 Å². The lowest BCUT2D eigenvalue weighted by atomic mass is 9.79. The Morgan fingerprint density at radius 1 is 1.39 bits per heavy atom. The summed E-state index contributed by atoms with van der Waals surface area (Å²) in [6, 6.07) is 8.16. The standard InChI is InChI=1S/C17H23N3OS.ClH/c1-17(2)12-20(9-7-15(17)18)16(21)14-6-3-8-19(14)11-13-5-4-10-22-13;/h3-6,8,10,15H,7,9,11-12,18H2,1-2H3;1H. The van der Waals surface area contributed by atoms with Crippen LogP contribution in [0.4, 0.5) is 0 Å². The first-order valence-electron chi connectivity index (χ1n) is 7.70. The van der Waals surface area contributed by atoms with Crippen molar-refractivity contribution in [1.29, 1.82) is 0 Å². The molecule has 6 heteroatoms. The second-order valence-corrected chi connectivity index (χ2v) is 7.74. The molecule has 2 N–H and O–H groups in total.